The molecule has 0 spiro atoms. The molecule has 0 aliphatic rings. The molecule has 112 valence electrons. The zero-order chi connectivity index (χ0) is 15.1. The third kappa shape index (κ3) is 4.72. The predicted molar refractivity (Wildman–Crippen MR) is 77.6 cm³/mol. The van der Waals surface area contributed by atoms with Crippen LogP contribution in [0.4, 0.5) is 14.5 Å². The van der Waals surface area contributed by atoms with Crippen LogP contribution >= 0.6 is 0 Å². The third-order valence-electron chi connectivity index (χ3n) is 3.03. The largest absolute Gasteiger partial charge is 0.434 e. The second-order valence-electron chi connectivity index (χ2n) is 4.51. The number of alkyl halides is 2. The highest BCUT2D eigenvalue weighted by molar-refractivity contribution is 5.46. The maximum Gasteiger partial charge on any atom is 0.387 e. The number of aliphatic hydroxyl groups excluding tert-OH is 1. The Kier molecular flexibility index (Phi) is 5.51. The molecular formula is C16H17F2NO2. The van der Waals surface area contributed by atoms with E-state index >= 15 is 0 Å². The SMILES string of the molecule is OCCc1ccc(NCc2ccccc2OC(F)F)cc1. The first kappa shape index (κ1) is 15.3. The molecule has 0 aliphatic heterocycles. The van der Waals surface area contributed by atoms with Crippen LogP contribution in [-0.2, 0) is 13.0 Å². The van der Waals surface area contributed by atoms with Crippen LogP contribution in [0.2, 0.25) is 0 Å². The first-order chi connectivity index (χ1) is 10.2. The van der Waals surface area contributed by atoms with E-state index in [9.17, 15) is 8.78 Å². The van der Waals surface area contributed by atoms with E-state index in [1.807, 2.05) is 24.3 Å². The molecule has 21 heavy (non-hydrogen) atoms. The first-order valence-electron chi connectivity index (χ1n) is 6.65. The molecule has 0 amide bonds. The van der Waals surface area contributed by atoms with Crippen LogP contribution in [0.5, 0.6) is 5.75 Å². The van der Waals surface area contributed by atoms with Crippen molar-refractivity contribution in [3.8, 4) is 5.75 Å². The van der Waals surface area contributed by atoms with Crippen molar-refractivity contribution in [1.82, 2.24) is 0 Å². The van der Waals surface area contributed by atoms with Gasteiger partial charge in [-0.2, -0.15) is 8.78 Å². The summed E-state index contributed by atoms with van der Waals surface area (Å²) in [7, 11) is 0. The maximum absolute atomic E-state index is 12.3. The topological polar surface area (TPSA) is 41.5 Å². The van der Waals surface area contributed by atoms with Gasteiger partial charge in [0.05, 0.1) is 0 Å². The van der Waals surface area contributed by atoms with E-state index in [1.54, 1.807) is 18.2 Å². The average molecular weight is 293 g/mol. The molecule has 0 radical (unpaired) electrons. The number of halogens is 2. The molecule has 0 saturated heterocycles. The number of hydrogen-bond acceptors (Lipinski definition) is 3. The zero-order valence-electron chi connectivity index (χ0n) is 11.4. The summed E-state index contributed by atoms with van der Waals surface area (Å²) in [5.74, 6) is 0.178. The summed E-state index contributed by atoms with van der Waals surface area (Å²) in [5, 5.41) is 12.0. The van der Waals surface area contributed by atoms with Crippen LogP contribution in [0, 0.1) is 0 Å². The van der Waals surface area contributed by atoms with Crippen LogP contribution in [0.25, 0.3) is 0 Å². The lowest BCUT2D eigenvalue weighted by Gasteiger charge is -2.12. The molecule has 0 bridgehead atoms. The number of anilines is 1. The lowest BCUT2D eigenvalue weighted by atomic mass is 10.1. The van der Waals surface area contributed by atoms with Crippen molar-refractivity contribution in [1.29, 1.82) is 0 Å². The summed E-state index contributed by atoms with van der Waals surface area (Å²) in [5.41, 5.74) is 2.59. The second-order valence-corrected chi connectivity index (χ2v) is 4.51. The molecule has 0 aromatic heterocycles. The Labute approximate surface area is 122 Å². The molecule has 2 aromatic carbocycles. The maximum atomic E-state index is 12.3. The predicted octanol–water partition coefficient (Wildman–Crippen LogP) is 3.43. The Balaban J connectivity index is 1.99. The summed E-state index contributed by atoms with van der Waals surface area (Å²) in [6, 6.07) is 14.3. The lowest BCUT2D eigenvalue weighted by molar-refractivity contribution is -0.0504. The van der Waals surface area contributed by atoms with Crippen molar-refractivity contribution in [2.24, 2.45) is 0 Å². The minimum atomic E-state index is -2.83. The average Bonchev–Trinajstić information content (AvgIpc) is 2.48. The summed E-state index contributed by atoms with van der Waals surface area (Å²) in [6.07, 6.45) is 0.616. The van der Waals surface area contributed by atoms with E-state index < -0.39 is 6.61 Å². The number of ether oxygens (including phenoxy) is 1. The molecule has 2 rings (SSSR count). The number of aliphatic hydroxyl groups is 1. The number of rotatable bonds is 7. The zero-order valence-corrected chi connectivity index (χ0v) is 11.4. The fourth-order valence-electron chi connectivity index (χ4n) is 1.98. The number of hydrogen-bond donors (Lipinski definition) is 2. The van der Waals surface area contributed by atoms with E-state index in [0.717, 1.165) is 11.3 Å². The Morgan fingerprint density at radius 1 is 1.05 bits per heavy atom. The van der Waals surface area contributed by atoms with Crippen molar-refractivity contribution in [3.05, 3.63) is 59.7 Å². The molecule has 0 heterocycles. The van der Waals surface area contributed by atoms with Crippen LogP contribution < -0.4 is 10.1 Å². The van der Waals surface area contributed by atoms with Gasteiger partial charge in [-0.05, 0) is 30.2 Å². The van der Waals surface area contributed by atoms with Gasteiger partial charge in [0.25, 0.3) is 0 Å². The number of benzene rings is 2. The van der Waals surface area contributed by atoms with Crippen LogP contribution in [0.1, 0.15) is 11.1 Å². The fourth-order valence-corrected chi connectivity index (χ4v) is 1.98. The minimum Gasteiger partial charge on any atom is -0.434 e. The van der Waals surface area contributed by atoms with Gasteiger partial charge in [-0.25, -0.2) is 0 Å². The molecule has 2 N–H and O–H groups in total. The van der Waals surface area contributed by atoms with Gasteiger partial charge in [0.1, 0.15) is 5.75 Å². The van der Waals surface area contributed by atoms with Gasteiger partial charge in [-0.15, -0.1) is 0 Å². The second kappa shape index (κ2) is 7.59. The number of para-hydroxylation sites is 1. The van der Waals surface area contributed by atoms with Crippen LogP contribution in [-0.4, -0.2) is 18.3 Å². The molecular weight excluding hydrogens is 276 g/mol. The van der Waals surface area contributed by atoms with Gasteiger partial charge in [-0.3, -0.25) is 0 Å². The Morgan fingerprint density at radius 3 is 2.43 bits per heavy atom. The van der Waals surface area contributed by atoms with Crippen molar-refractivity contribution >= 4 is 5.69 Å². The highest BCUT2D eigenvalue weighted by atomic mass is 19.3. The molecule has 0 aliphatic carbocycles. The molecule has 0 atom stereocenters. The summed E-state index contributed by atoms with van der Waals surface area (Å²) < 4.78 is 29.1. The number of nitrogens with one attached hydrogen (secondary N) is 1. The summed E-state index contributed by atoms with van der Waals surface area (Å²) in [6.45, 7) is -2.32. The van der Waals surface area contributed by atoms with E-state index in [2.05, 4.69) is 10.1 Å². The van der Waals surface area contributed by atoms with Gasteiger partial charge in [0.15, 0.2) is 0 Å². The molecule has 2 aromatic rings. The van der Waals surface area contributed by atoms with Gasteiger partial charge >= 0.3 is 6.61 Å². The molecule has 5 heteroatoms. The normalized spacial score (nSPS) is 10.7. The van der Waals surface area contributed by atoms with E-state index in [0.29, 0.717) is 18.5 Å². The van der Waals surface area contributed by atoms with Gasteiger partial charge in [0.2, 0.25) is 0 Å². The first-order valence-corrected chi connectivity index (χ1v) is 6.65. The smallest absolute Gasteiger partial charge is 0.387 e. The molecule has 0 saturated carbocycles. The van der Waals surface area contributed by atoms with E-state index in [1.165, 1.54) is 6.07 Å². The van der Waals surface area contributed by atoms with E-state index in [-0.39, 0.29) is 12.4 Å². The van der Waals surface area contributed by atoms with Crippen molar-refractivity contribution < 1.29 is 18.6 Å². The molecule has 0 unspecified atom stereocenters. The lowest BCUT2D eigenvalue weighted by Crippen LogP contribution is -2.07. The van der Waals surface area contributed by atoms with Gasteiger partial charge in [-0.1, -0.05) is 30.3 Å². The van der Waals surface area contributed by atoms with Crippen LogP contribution in [0.3, 0.4) is 0 Å². The Morgan fingerprint density at radius 2 is 1.76 bits per heavy atom. The summed E-state index contributed by atoms with van der Waals surface area (Å²) >= 11 is 0. The van der Waals surface area contributed by atoms with Gasteiger partial charge in [0, 0.05) is 24.4 Å². The molecule has 3 nitrogen and oxygen atoms in total. The Hall–Kier alpha value is -2.14. The summed E-state index contributed by atoms with van der Waals surface area (Å²) in [4.78, 5) is 0. The van der Waals surface area contributed by atoms with E-state index in [4.69, 9.17) is 5.11 Å². The minimum absolute atomic E-state index is 0.116. The third-order valence-corrected chi connectivity index (χ3v) is 3.03. The van der Waals surface area contributed by atoms with Crippen molar-refractivity contribution in [2.45, 2.75) is 19.6 Å². The fraction of sp³-hybridized carbons (Fsp3) is 0.250. The standard InChI is InChI=1S/C16H17F2NO2/c17-16(18)21-15-4-2-1-3-13(15)11-19-14-7-5-12(6-8-14)9-10-20/h1-8,16,19-20H,9-11H2. The highest BCUT2D eigenvalue weighted by Gasteiger charge is 2.08. The highest BCUT2D eigenvalue weighted by Crippen LogP contribution is 2.21. The van der Waals surface area contributed by atoms with Gasteiger partial charge < -0.3 is 15.2 Å². The monoisotopic (exact) mass is 293 g/mol. The molecule has 0 fully saturated rings. The van der Waals surface area contributed by atoms with Crippen molar-refractivity contribution in [3.63, 3.8) is 0 Å². The van der Waals surface area contributed by atoms with Crippen LogP contribution in [0.15, 0.2) is 48.5 Å². The van der Waals surface area contributed by atoms with Crippen molar-refractivity contribution in [2.75, 3.05) is 11.9 Å². The quantitative estimate of drug-likeness (QED) is 0.821. The Bertz CT molecular complexity index is 558.